The highest BCUT2D eigenvalue weighted by Gasteiger charge is 2.44. The third-order valence-corrected chi connectivity index (χ3v) is 11.0. The summed E-state index contributed by atoms with van der Waals surface area (Å²) < 4.78 is 30.0. The second-order valence-electron chi connectivity index (χ2n) is 16.5. The first kappa shape index (κ1) is 40.8. The molecule has 0 unspecified atom stereocenters. The van der Waals surface area contributed by atoms with Crippen LogP contribution in [0, 0.1) is 5.41 Å². The molecule has 56 heavy (non-hydrogen) atoms. The van der Waals surface area contributed by atoms with E-state index in [1.165, 1.54) is 0 Å². The Labute approximate surface area is 330 Å². The van der Waals surface area contributed by atoms with Gasteiger partial charge in [0.1, 0.15) is 0 Å². The predicted molar refractivity (Wildman–Crippen MR) is 216 cm³/mol. The third-order valence-electron chi connectivity index (χ3n) is 11.0. The molecule has 0 spiro atoms. The molecule has 4 aliphatic rings. The monoisotopic (exact) mass is 771 g/mol. The van der Waals surface area contributed by atoms with E-state index in [0.29, 0.717) is 111 Å². The average molecular weight is 772 g/mol. The van der Waals surface area contributed by atoms with E-state index in [1.807, 2.05) is 33.9 Å². The van der Waals surface area contributed by atoms with Gasteiger partial charge in [-0.3, -0.25) is 19.4 Å². The lowest BCUT2D eigenvalue weighted by atomic mass is 9.91. The summed E-state index contributed by atoms with van der Waals surface area (Å²) in [7, 11) is 3.10. The molecule has 0 saturated carbocycles. The van der Waals surface area contributed by atoms with E-state index >= 15 is 0 Å². The van der Waals surface area contributed by atoms with Gasteiger partial charge >= 0.3 is 0 Å². The van der Waals surface area contributed by atoms with Crippen LogP contribution in [0.2, 0.25) is 0 Å². The van der Waals surface area contributed by atoms with Crippen molar-refractivity contribution in [3.63, 3.8) is 0 Å². The molecule has 2 aromatic rings. The van der Waals surface area contributed by atoms with Gasteiger partial charge < -0.3 is 44.1 Å². The number of rotatable bonds is 16. The van der Waals surface area contributed by atoms with Crippen molar-refractivity contribution in [1.29, 1.82) is 0 Å². The van der Waals surface area contributed by atoms with Crippen LogP contribution in [0.3, 0.4) is 0 Å². The van der Waals surface area contributed by atoms with Gasteiger partial charge in [0.05, 0.1) is 79.6 Å². The predicted octanol–water partition coefficient (Wildman–Crippen LogP) is 6.11. The van der Waals surface area contributed by atoms with E-state index in [-0.39, 0.29) is 36.4 Å². The second-order valence-corrected chi connectivity index (χ2v) is 16.5. The van der Waals surface area contributed by atoms with Crippen LogP contribution in [0.1, 0.15) is 86.9 Å². The molecule has 4 aliphatic heterocycles. The van der Waals surface area contributed by atoms with E-state index < -0.39 is 11.0 Å². The van der Waals surface area contributed by atoms with Crippen LogP contribution in [0.5, 0.6) is 23.0 Å². The molecule has 4 heterocycles. The van der Waals surface area contributed by atoms with Crippen molar-refractivity contribution in [3.05, 3.63) is 59.7 Å². The molecular weight excluding hydrogens is 714 g/mol. The number of methoxy groups -OCH3 is 2. The smallest absolute Gasteiger partial charge is 0.257 e. The van der Waals surface area contributed by atoms with E-state index in [4.69, 9.17) is 29.4 Å². The highest BCUT2D eigenvalue weighted by molar-refractivity contribution is 6.08. The quantitative estimate of drug-likeness (QED) is 0.158. The summed E-state index contributed by atoms with van der Waals surface area (Å²) in [6, 6.07) is 6.63. The van der Waals surface area contributed by atoms with Gasteiger partial charge in [-0.25, -0.2) is 0 Å². The summed E-state index contributed by atoms with van der Waals surface area (Å²) in [5.74, 6) is 1.46. The van der Waals surface area contributed by atoms with Gasteiger partial charge in [-0.15, -0.1) is 0 Å². The van der Waals surface area contributed by atoms with Crippen LogP contribution in [0.15, 0.2) is 53.6 Å². The van der Waals surface area contributed by atoms with Crippen molar-refractivity contribution in [1.82, 2.24) is 9.80 Å². The van der Waals surface area contributed by atoms with Crippen LogP contribution in [-0.4, -0.2) is 112 Å². The molecule has 2 aromatic carbocycles. The molecule has 0 aromatic heterocycles. The number of hydrogen-bond acceptors (Lipinski definition) is 10. The summed E-state index contributed by atoms with van der Waals surface area (Å²) in [6.45, 7) is 18.6. The second kappa shape index (κ2) is 16.7. The van der Waals surface area contributed by atoms with Crippen molar-refractivity contribution < 1.29 is 38.1 Å². The minimum atomic E-state index is -0.903. The van der Waals surface area contributed by atoms with Gasteiger partial charge in [-0.1, -0.05) is 24.3 Å². The molecule has 0 radical (unpaired) electrons. The van der Waals surface area contributed by atoms with E-state index in [0.717, 1.165) is 24.0 Å². The number of anilines is 1. The third kappa shape index (κ3) is 8.58. The number of carbonyl (C=O) groups is 3. The van der Waals surface area contributed by atoms with Gasteiger partial charge in [0, 0.05) is 38.0 Å². The Balaban J connectivity index is 1.11. The SMILES string of the molecule is C=C1C[C@H]2CN(C(=O)C(C)(C)COC(C)(C)CCN)c3cc(OCCCCCOc4cc5c(cc4OC)C(=O)N4CC(=C)C[C@H]4C=N5)c(OC)cc3C(=O)N2C1. The Morgan fingerprint density at radius 1 is 0.839 bits per heavy atom. The van der Waals surface area contributed by atoms with Crippen molar-refractivity contribution in [3.8, 4) is 23.0 Å². The first-order chi connectivity index (χ1) is 26.7. The Hall–Kier alpha value is -4.88. The number of carbonyl (C=O) groups excluding carboxylic acids is 3. The highest BCUT2D eigenvalue weighted by Crippen LogP contribution is 2.42. The lowest BCUT2D eigenvalue weighted by Gasteiger charge is -2.36. The molecule has 3 amide bonds. The van der Waals surface area contributed by atoms with Crippen molar-refractivity contribution >= 4 is 35.3 Å². The number of aliphatic imine (C=N–C) groups is 1. The number of nitrogens with zero attached hydrogens (tertiary/aromatic N) is 4. The topological polar surface area (TPSA) is 145 Å². The minimum absolute atomic E-state index is 0.0914. The summed E-state index contributed by atoms with van der Waals surface area (Å²) in [5, 5.41) is 0. The number of unbranched alkanes of at least 4 members (excludes halogenated alkanes) is 2. The Kier molecular flexibility index (Phi) is 12.2. The lowest BCUT2D eigenvalue weighted by Crippen LogP contribution is -2.48. The normalized spacial score (nSPS) is 19.3. The van der Waals surface area contributed by atoms with Gasteiger partial charge in [-0.2, -0.15) is 0 Å². The number of benzene rings is 2. The summed E-state index contributed by atoms with van der Waals surface area (Å²) >= 11 is 0. The number of amides is 3. The first-order valence-electron chi connectivity index (χ1n) is 19.5. The molecule has 0 aliphatic carbocycles. The standard InChI is InChI=1S/C43H57N5O8/c1-27-16-29-22-45-33-20-37(35(52-7)18-31(33)39(49)46(29)23-27)54-14-10-9-11-15-55-38-21-34-32(19-36(38)53-8)40(50)47-24-28(2)17-30(47)25-48(34)41(51)42(3,4)26-56-43(5,6)12-13-44/h18-22,29-30H,1-2,9-17,23-26,44H2,3-8H3/t29-,30-/m0/s1. The summed E-state index contributed by atoms with van der Waals surface area (Å²) in [6.07, 6.45) is 6.06. The largest absolute Gasteiger partial charge is 0.493 e. The maximum absolute atomic E-state index is 14.5. The molecule has 2 fully saturated rings. The van der Waals surface area contributed by atoms with Crippen LogP contribution >= 0.6 is 0 Å². The number of fused-ring (bicyclic) bond motifs is 4. The first-order valence-corrected chi connectivity index (χ1v) is 19.5. The Bertz CT molecular complexity index is 1900. The molecule has 13 heteroatoms. The van der Waals surface area contributed by atoms with Crippen molar-refractivity contribution in [2.24, 2.45) is 16.1 Å². The van der Waals surface area contributed by atoms with Crippen molar-refractivity contribution in [2.75, 3.05) is 65.1 Å². The van der Waals surface area contributed by atoms with E-state index in [1.54, 1.807) is 53.2 Å². The van der Waals surface area contributed by atoms with E-state index in [9.17, 15) is 14.4 Å². The van der Waals surface area contributed by atoms with Gasteiger partial charge in [0.25, 0.3) is 11.8 Å². The molecule has 13 nitrogen and oxygen atoms in total. The molecular formula is C43H57N5O8. The molecule has 0 bridgehead atoms. The average Bonchev–Trinajstić information content (AvgIpc) is 3.68. The molecule has 2 N–H and O–H groups in total. The van der Waals surface area contributed by atoms with E-state index in [2.05, 4.69) is 18.2 Å². The molecule has 302 valence electrons. The zero-order chi connectivity index (χ0) is 40.4. The van der Waals surface area contributed by atoms with Crippen molar-refractivity contribution in [2.45, 2.75) is 83.9 Å². The fourth-order valence-electron chi connectivity index (χ4n) is 7.72. The molecule has 2 saturated heterocycles. The number of nitrogens with two attached hydrogens (primary N) is 1. The minimum Gasteiger partial charge on any atom is -0.493 e. The maximum Gasteiger partial charge on any atom is 0.257 e. The summed E-state index contributed by atoms with van der Waals surface area (Å²) in [5.41, 5.74) is 8.30. The zero-order valence-corrected chi connectivity index (χ0v) is 33.8. The molecule has 6 rings (SSSR count). The molecule has 2 atom stereocenters. The fourth-order valence-corrected chi connectivity index (χ4v) is 7.72. The number of ether oxygens (including phenoxy) is 5. The van der Waals surface area contributed by atoms with Crippen LogP contribution < -0.4 is 29.6 Å². The zero-order valence-electron chi connectivity index (χ0n) is 33.8. The van der Waals surface area contributed by atoms with Gasteiger partial charge in [-0.05, 0) is 84.9 Å². The Morgan fingerprint density at radius 2 is 1.45 bits per heavy atom. The lowest BCUT2D eigenvalue weighted by molar-refractivity contribution is -0.134. The van der Waals surface area contributed by atoms with Gasteiger partial charge in [0.15, 0.2) is 23.0 Å². The fraction of sp³-hybridized carbons (Fsp3) is 0.535. The Morgan fingerprint density at radius 3 is 2.11 bits per heavy atom. The number of hydrogen-bond donors (Lipinski definition) is 1. The van der Waals surface area contributed by atoms with Crippen LogP contribution in [0.4, 0.5) is 11.4 Å². The summed E-state index contributed by atoms with van der Waals surface area (Å²) in [4.78, 5) is 51.7. The maximum atomic E-state index is 14.5. The van der Waals surface area contributed by atoms with Crippen LogP contribution in [0.25, 0.3) is 0 Å². The highest BCUT2D eigenvalue weighted by atomic mass is 16.5. The van der Waals surface area contributed by atoms with Gasteiger partial charge in [0.2, 0.25) is 5.91 Å². The van der Waals surface area contributed by atoms with Crippen LogP contribution in [-0.2, 0) is 9.53 Å².